The number of hydrogen-bond acceptors (Lipinski definition) is 4. The van der Waals surface area contributed by atoms with Crippen LogP contribution in [0.4, 0.5) is 13.2 Å². The van der Waals surface area contributed by atoms with Crippen LogP contribution in [0.5, 0.6) is 0 Å². The molecule has 0 spiro atoms. The van der Waals surface area contributed by atoms with E-state index in [-0.39, 0.29) is 24.7 Å². The van der Waals surface area contributed by atoms with Crippen molar-refractivity contribution in [1.29, 1.82) is 0 Å². The molecule has 10 heteroatoms. The Morgan fingerprint density at radius 3 is 2.64 bits per heavy atom. The van der Waals surface area contributed by atoms with Gasteiger partial charge in [0, 0.05) is 32.7 Å². The lowest BCUT2D eigenvalue weighted by molar-refractivity contribution is -0.143. The normalized spacial score (nSPS) is 20.9. The van der Waals surface area contributed by atoms with Gasteiger partial charge >= 0.3 is 6.18 Å². The van der Waals surface area contributed by atoms with Crippen molar-refractivity contribution in [3.05, 3.63) is 12.3 Å². The topological polar surface area (TPSA) is 58.4 Å². The highest BCUT2D eigenvalue weighted by atomic mass is 32.2. The van der Waals surface area contributed by atoms with Crippen LogP contribution in [0.1, 0.15) is 13.3 Å². The van der Waals surface area contributed by atoms with E-state index in [0.29, 0.717) is 6.42 Å². The number of rotatable bonds is 5. The van der Waals surface area contributed by atoms with E-state index in [2.05, 4.69) is 5.10 Å². The highest BCUT2D eigenvalue weighted by Crippen LogP contribution is 2.25. The van der Waals surface area contributed by atoms with Crippen LogP contribution in [0, 0.1) is 0 Å². The average molecular weight is 340 g/mol. The van der Waals surface area contributed by atoms with Crippen molar-refractivity contribution >= 4 is 10.0 Å². The molecule has 6 nitrogen and oxygen atoms in total. The number of aromatic nitrogens is 2. The van der Waals surface area contributed by atoms with Gasteiger partial charge in [-0.3, -0.25) is 9.58 Å². The maximum Gasteiger partial charge on any atom is 0.401 e. The molecule has 0 N–H and O–H groups in total. The zero-order valence-electron chi connectivity index (χ0n) is 12.4. The lowest BCUT2D eigenvalue weighted by Crippen LogP contribution is -2.43. The maximum atomic E-state index is 12.6. The summed E-state index contributed by atoms with van der Waals surface area (Å²) in [4.78, 5) is 1.24. The minimum atomic E-state index is -4.27. The number of halogens is 3. The van der Waals surface area contributed by atoms with Crippen molar-refractivity contribution in [3.8, 4) is 0 Å². The monoisotopic (exact) mass is 340 g/mol. The Kier molecular flexibility index (Phi) is 4.83. The Morgan fingerprint density at radius 1 is 1.45 bits per heavy atom. The summed E-state index contributed by atoms with van der Waals surface area (Å²) in [6, 6.07) is 0.938. The number of likely N-dealkylation sites (tertiary alicyclic amines) is 1. The predicted molar refractivity (Wildman–Crippen MR) is 73.7 cm³/mol. The van der Waals surface area contributed by atoms with E-state index in [1.165, 1.54) is 33.2 Å². The lowest BCUT2D eigenvalue weighted by atomic mass is 10.3. The van der Waals surface area contributed by atoms with Gasteiger partial charge < -0.3 is 0 Å². The molecular formula is C12H19F3N4O2S. The zero-order valence-corrected chi connectivity index (χ0v) is 13.2. The van der Waals surface area contributed by atoms with E-state index in [1.807, 2.05) is 0 Å². The molecule has 0 bridgehead atoms. The molecule has 22 heavy (non-hydrogen) atoms. The smallest absolute Gasteiger partial charge is 0.293 e. The molecule has 1 unspecified atom stereocenters. The molecule has 0 amide bonds. The summed E-state index contributed by atoms with van der Waals surface area (Å²) in [6.45, 7) is 1.21. The molecule has 2 heterocycles. The third-order valence-corrected chi connectivity index (χ3v) is 5.82. The fraction of sp³-hybridized carbons (Fsp3) is 0.750. The summed E-state index contributed by atoms with van der Waals surface area (Å²) in [6.07, 6.45) is -2.50. The lowest BCUT2D eigenvalue weighted by Gasteiger charge is -2.27. The quantitative estimate of drug-likeness (QED) is 0.804. The predicted octanol–water partition coefficient (Wildman–Crippen LogP) is 1.07. The Bertz CT molecular complexity index is 614. The molecule has 0 aromatic carbocycles. The van der Waals surface area contributed by atoms with E-state index in [4.69, 9.17) is 0 Å². The van der Waals surface area contributed by atoms with Crippen LogP contribution in [-0.2, 0) is 17.1 Å². The number of hydrogen-bond donors (Lipinski definition) is 0. The summed E-state index contributed by atoms with van der Waals surface area (Å²) >= 11 is 0. The number of nitrogens with zero attached hydrogens (tertiary/aromatic N) is 4. The van der Waals surface area contributed by atoms with Crippen LogP contribution in [0.3, 0.4) is 0 Å². The summed E-state index contributed by atoms with van der Waals surface area (Å²) in [5, 5.41) is 3.89. The third-order valence-electron chi connectivity index (χ3n) is 3.72. The maximum absolute atomic E-state index is 12.6. The van der Waals surface area contributed by atoms with Gasteiger partial charge in [0.2, 0.25) is 0 Å². The van der Waals surface area contributed by atoms with Crippen LogP contribution >= 0.6 is 0 Å². The van der Waals surface area contributed by atoms with Gasteiger partial charge in [0.25, 0.3) is 10.0 Å². The largest absolute Gasteiger partial charge is 0.401 e. The highest BCUT2D eigenvalue weighted by molar-refractivity contribution is 7.89. The van der Waals surface area contributed by atoms with Crippen LogP contribution in [0.15, 0.2) is 17.3 Å². The van der Waals surface area contributed by atoms with E-state index in [9.17, 15) is 21.6 Å². The number of sulfonamides is 1. The van der Waals surface area contributed by atoms with Gasteiger partial charge in [-0.25, -0.2) is 8.42 Å². The van der Waals surface area contributed by atoms with Gasteiger partial charge in [-0.05, 0) is 12.5 Å². The molecule has 1 aliphatic rings. The van der Waals surface area contributed by atoms with Crippen molar-refractivity contribution in [2.24, 2.45) is 7.05 Å². The average Bonchev–Trinajstić information content (AvgIpc) is 2.97. The van der Waals surface area contributed by atoms with Crippen LogP contribution in [-0.4, -0.2) is 65.8 Å². The molecular weight excluding hydrogens is 321 g/mol. The number of alkyl halides is 3. The van der Waals surface area contributed by atoms with E-state index in [0.717, 1.165) is 0 Å². The summed E-state index contributed by atoms with van der Waals surface area (Å²) in [5.74, 6) is 0. The van der Waals surface area contributed by atoms with Gasteiger partial charge in [-0.2, -0.15) is 22.6 Å². The van der Waals surface area contributed by atoms with Gasteiger partial charge in [-0.1, -0.05) is 6.92 Å². The van der Waals surface area contributed by atoms with Crippen molar-refractivity contribution in [1.82, 2.24) is 19.0 Å². The van der Waals surface area contributed by atoms with E-state index < -0.39 is 28.8 Å². The fourth-order valence-electron chi connectivity index (χ4n) is 2.80. The van der Waals surface area contributed by atoms with Crippen molar-refractivity contribution < 1.29 is 21.6 Å². The molecule has 1 saturated heterocycles. The molecule has 0 radical (unpaired) electrons. The second kappa shape index (κ2) is 6.17. The molecule has 1 aliphatic heterocycles. The summed E-state index contributed by atoms with van der Waals surface area (Å²) in [5.41, 5.74) is 0. The minimum Gasteiger partial charge on any atom is -0.293 e. The first-order chi connectivity index (χ1) is 10.1. The zero-order chi connectivity index (χ0) is 16.5. The second-order valence-electron chi connectivity index (χ2n) is 5.29. The molecule has 126 valence electrons. The fourth-order valence-corrected chi connectivity index (χ4v) is 4.56. The van der Waals surface area contributed by atoms with E-state index in [1.54, 1.807) is 6.92 Å². The molecule has 1 aromatic heterocycles. The molecule has 2 rings (SSSR count). The standard InChI is InChI=1S/C12H19F3N4O2S/c1-3-19(22(20,21)11-4-6-16-17(11)2)10-5-7-18(8-10)9-12(13,14)15/h4,6,10H,3,5,7-9H2,1-2H3. The Labute approximate surface area is 127 Å². The van der Waals surface area contributed by atoms with Crippen LogP contribution < -0.4 is 0 Å². The third kappa shape index (κ3) is 3.61. The summed E-state index contributed by atoms with van der Waals surface area (Å²) < 4.78 is 65.1. The second-order valence-corrected chi connectivity index (χ2v) is 7.13. The van der Waals surface area contributed by atoms with Crippen molar-refractivity contribution in [2.75, 3.05) is 26.2 Å². The van der Waals surface area contributed by atoms with Crippen molar-refractivity contribution in [2.45, 2.75) is 30.6 Å². The summed E-state index contributed by atoms with van der Waals surface area (Å²) in [7, 11) is -2.24. The Balaban J connectivity index is 2.15. The highest BCUT2D eigenvalue weighted by Gasteiger charge is 2.39. The first kappa shape index (κ1) is 17.2. The van der Waals surface area contributed by atoms with Gasteiger partial charge in [-0.15, -0.1) is 0 Å². The van der Waals surface area contributed by atoms with Gasteiger partial charge in [0.15, 0.2) is 5.03 Å². The first-order valence-electron chi connectivity index (χ1n) is 6.94. The number of likely N-dealkylation sites (N-methyl/N-ethyl adjacent to an activating group) is 1. The minimum absolute atomic E-state index is 0.0450. The molecule has 0 saturated carbocycles. The van der Waals surface area contributed by atoms with Crippen molar-refractivity contribution in [3.63, 3.8) is 0 Å². The molecule has 1 aromatic rings. The van der Waals surface area contributed by atoms with Crippen LogP contribution in [0.2, 0.25) is 0 Å². The van der Waals surface area contributed by atoms with Crippen LogP contribution in [0.25, 0.3) is 0 Å². The molecule has 1 atom stereocenters. The van der Waals surface area contributed by atoms with E-state index >= 15 is 0 Å². The molecule has 0 aliphatic carbocycles. The SMILES string of the molecule is CCN(C1CCN(CC(F)(F)F)C1)S(=O)(=O)c1ccnn1C. The van der Waals surface area contributed by atoms with Gasteiger partial charge in [0.1, 0.15) is 0 Å². The Hall–Kier alpha value is -1.13. The number of aryl methyl sites for hydroxylation is 1. The van der Waals surface area contributed by atoms with Gasteiger partial charge in [0.05, 0.1) is 12.7 Å². The first-order valence-corrected chi connectivity index (χ1v) is 8.38. The molecule has 1 fully saturated rings. The Morgan fingerprint density at radius 2 is 2.14 bits per heavy atom.